The van der Waals surface area contributed by atoms with Gasteiger partial charge >= 0.3 is 0 Å². The lowest BCUT2D eigenvalue weighted by atomic mass is 9.51. The molecule has 0 aromatic rings. The standard InChI is InChI=1S/C15H28O3/c1-9-5-6-11(16)15(4)8-7-10(14(2,3)18)13(17)12(9)15/h9-13,16-18H,5-8H2,1-4H3/t9-,10+,11+,12-,13-,15+/m1/s1. The monoisotopic (exact) mass is 256 g/mol. The lowest BCUT2D eigenvalue weighted by Gasteiger charge is -2.57. The molecule has 2 aliphatic carbocycles. The van der Waals surface area contributed by atoms with Crippen LogP contribution in [-0.4, -0.2) is 33.1 Å². The maximum absolute atomic E-state index is 10.7. The molecule has 2 fully saturated rings. The lowest BCUT2D eigenvalue weighted by molar-refractivity contribution is -0.184. The van der Waals surface area contributed by atoms with Gasteiger partial charge in [-0.3, -0.25) is 0 Å². The molecule has 0 amide bonds. The SMILES string of the molecule is C[C@@H]1CC[C@H](O)[C@]2(C)CC[C@H](C(C)(C)O)[C@@H](O)[C@@H]12. The van der Waals surface area contributed by atoms with Crippen molar-refractivity contribution in [2.24, 2.45) is 23.2 Å². The highest BCUT2D eigenvalue weighted by molar-refractivity contribution is 5.05. The fraction of sp³-hybridized carbons (Fsp3) is 1.00. The molecule has 0 heterocycles. The maximum Gasteiger partial charge on any atom is 0.0644 e. The smallest absolute Gasteiger partial charge is 0.0644 e. The van der Waals surface area contributed by atoms with Crippen LogP contribution in [0.2, 0.25) is 0 Å². The van der Waals surface area contributed by atoms with E-state index in [4.69, 9.17) is 0 Å². The summed E-state index contributed by atoms with van der Waals surface area (Å²) in [5.41, 5.74) is -1.03. The molecular weight excluding hydrogens is 228 g/mol. The quantitative estimate of drug-likeness (QED) is 0.672. The molecule has 3 N–H and O–H groups in total. The van der Waals surface area contributed by atoms with Gasteiger partial charge in [0.15, 0.2) is 0 Å². The largest absolute Gasteiger partial charge is 0.393 e. The number of aliphatic hydroxyl groups excluding tert-OH is 2. The van der Waals surface area contributed by atoms with Crippen molar-refractivity contribution >= 4 is 0 Å². The molecule has 0 radical (unpaired) electrons. The van der Waals surface area contributed by atoms with E-state index in [0.29, 0.717) is 5.92 Å². The summed E-state index contributed by atoms with van der Waals surface area (Å²) in [6.07, 6.45) is 2.69. The first-order chi connectivity index (χ1) is 8.18. The third-order valence-electron chi connectivity index (χ3n) is 5.71. The molecule has 18 heavy (non-hydrogen) atoms. The van der Waals surface area contributed by atoms with Crippen LogP contribution in [0.5, 0.6) is 0 Å². The van der Waals surface area contributed by atoms with Crippen LogP contribution >= 0.6 is 0 Å². The Kier molecular flexibility index (Phi) is 3.54. The Morgan fingerprint density at radius 3 is 2.28 bits per heavy atom. The second-order valence-electron chi connectivity index (χ2n) is 7.39. The van der Waals surface area contributed by atoms with Crippen LogP contribution in [0.25, 0.3) is 0 Å². The second kappa shape index (κ2) is 4.46. The molecular formula is C15H28O3. The van der Waals surface area contributed by atoms with Crippen molar-refractivity contribution < 1.29 is 15.3 Å². The van der Waals surface area contributed by atoms with Crippen LogP contribution in [0.15, 0.2) is 0 Å². The molecule has 6 atom stereocenters. The molecule has 2 saturated carbocycles. The first-order valence-electron chi connectivity index (χ1n) is 7.26. The number of aliphatic hydroxyl groups is 3. The van der Waals surface area contributed by atoms with E-state index in [1.165, 1.54) is 0 Å². The van der Waals surface area contributed by atoms with Gasteiger partial charge in [-0.1, -0.05) is 13.8 Å². The highest BCUT2D eigenvalue weighted by Gasteiger charge is 2.55. The molecule has 2 rings (SSSR count). The van der Waals surface area contributed by atoms with Crippen molar-refractivity contribution in [2.45, 2.75) is 71.2 Å². The zero-order chi connectivity index (χ0) is 13.7. The summed E-state index contributed by atoms with van der Waals surface area (Å²) in [6, 6.07) is 0. The zero-order valence-electron chi connectivity index (χ0n) is 12.1. The lowest BCUT2D eigenvalue weighted by Crippen LogP contribution is -2.59. The molecule has 0 spiro atoms. The predicted molar refractivity (Wildman–Crippen MR) is 71.0 cm³/mol. The summed E-state index contributed by atoms with van der Waals surface area (Å²) in [4.78, 5) is 0. The fourth-order valence-electron chi connectivity index (χ4n) is 4.52. The van der Waals surface area contributed by atoms with Crippen molar-refractivity contribution in [1.29, 1.82) is 0 Å². The number of rotatable bonds is 1. The molecule has 0 bridgehead atoms. The summed E-state index contributed by atoms with van der Waals surface area (Å²) in [5.74, 6) is 0.438. The minimum Gasteiger partial charge on any atom is -0.393 e. The van der Waals surface area contributed by atoms with Gasteiger partial charge in [0.05, 0.1) is 17.8 Å². The van der Waals surface area contributed by atoms with Crippen molar-refractivity contribution in [3.05, 3.63) is 0 Å². The highest BCUT2D eigenvalue weighted by Crippen LogP contribution is 2.55. The maximum atomic E-state index is 10.7. The molecule has 2 aliphatic rings. The van der Waals surface area contributed by atoms with Gasteiger partial charge in [0.2, 0.25) is 0 Å². The first kappa shape index (κ1) is 14.3. The van der Waals surface area contributed by atoms with Crippen molar-refractivity contribution in [1.82, 2.24) is 0 Å². The van der Waals surface area contributed by atoms with Crippen molar-refractivity contribution in [3.63, 3.8) is 0 Å². The molecule has 0 aromatic heterocycles. The van der Waals surface area contributed by atoms with E-state index in [2.05, 4.69) is 13.8 Å². The zero-order valence-corrected chi connectivity index (χ0v) is 12.1. The van der Waals surface area contributed by atoms with Crippen LogP contribution in [0, 0.1) is 23.2 Å². The van der Waals surface area contributed by atoms with Gasteiger partial charge in [-0.2, -0.15) is 0 Å². The predicted octanol–water partition coefficient (Wildman–Crippen LogP) is 1.94. The Bertz CT molecular complexity index is 309. The van der Waals surface area contributed by atoms with Gasteiger partial charge in [-0.25, -0.2) is 0 Å². The molecule has 106 valence electrons. The van der Waals surface area contributed by atoms with Gasteiger partial charge in [0.25, 0.3) is 0 Å². The van der Waals surface area contributed by atoms with Gasteiger partial charge in [-0.15, -0.1) is 0 Å². The minimum absolute atomic E-state index is 0.0803. The van der Waals surface area contributed by atoms with Crippen LogP contribution in [-0.2, 0) is 0 Å². The Balaban J connectivity index is 2.29. The van der Waals surface area contributed by atoms with E-state index in [1.807, 2.05) is 0 Å². The van der Waals surface area contributed by atoms with E-state index < -0.39 is 11.7 Å². The van der Waals surface area contributed by atoms with Crippen LogP contribution in [0.3, 0.4) is 0 Å². The number of hydrogen-bond acceptors (Lipinski definition) is 3. The summed E-state index contributed by atoms with van der Waals surface area (Å²) < 4.78 is 0. The van der Waals surface area contributed by atoms with Gasteiger partial charge < -0.3 is 15.3 Å². The average molecular weight is 256 g/mol. The topological polar surface area (TPSA) is 60.7 Å². The van der Waals surface area contributed by atoms with Gasteiger partial charge in [-0.05, 0) is 56.8 Å². The molecule has 0 unspecified atom stereocenters. The summed E-state index contributed by atoms with van der Waals surface area (Å²) in [5, 5.41) is 31.2. The molecule has 3 heteroatoms. The summed E-state index contributed by atoms with van der Waals surface area (Å²) >= 11 is 0. The van der Waals surface area contributed by atoms with Gasteiger partial charge in [0, 0.05) is 5.92 Å². The normalized spacial score (nSPS) is 49.8. The number of hydrogen-bond donors (Lipinski definition) is 3. The molecule has 0 saturated heterocycles. The van der Waals surface area contributed by atoms with E-state index in [9.17, 15) is 15.3 Å². The highest BCUT2D eigenvalue weighted by atomic mass is 16.3. The summed E-state index contributed by atoms with van der Waals surface area (Å²) in [6.45, 7) is 7.85. The third-order valence-corrected chi connectivity index (χ3v) is 5.71. The minimum atomic E-state index is -0.844. The fourth-order valence-corrected chi connectivity index (χ4v) is 4.52. The van der Waals surface area contributed by atoms with Crippen molar-refractivity contribution in [2.75, 3.05) is 0 Å². The first-order valence-corrected chi connectivity index (χ1v) is 7.26. The second-order valence-corrected chi connectivity index (χ2v) is 7.39. The van der Waals surface area contributed by atoms with E-state index >= 15 is 0 Å². The third kappa shape index (κ3) is 2.10. The molecule has 3 nitrogen and oxygen atoms in total. The van der Waals surface area contributed by atoms with Crippen LogP contribution in [0.4, 0.5) is 0 Å². The van der Waals surface area contributed by atoms with Crippen LogP contribution in [0.1, 0.15) is 53.4 Å². The number of fused-ring (bicyclic) bond motifs is 1. The Labute approximate surface area is 110 Å². The van der Waals surface area contributed by atoms with Gasteiger partial charge in [0.1, 0.15) is 0 Å². The summed E-state index contributed by atoms with van der Waals surface area (Å²) in [7, 11) is 0. The van der Waals surface area contributed by atoms with Crippen molar-refractivity contribution in [3.8, 4) is 0 Å². The van der Waals surface area contributed by atoms with E-state index in [1.54, 1.807) is 13.8 Å². The van der Waals surface area contributed by atoms with Crippen LogP contribution < -0.4 is 0 Å². The Morgan fingerprint density at radius 1 is 1.11 bits per heavy atom. The molecule has 0 aromatic carbocycles. The molecule has 0 aliphatic heterocycles. The Morgan fingerprint density at radius 2 is 1.72 bits per heavy atom. The Hall–Kier alpha value is -0.120. The van der Waals surface area contributed by atoms with E-state index in [-0.39, 0.29) is 23.4 Å². The van der Waals surface area contributed by atoms with E-state index in [0.717, 1.165) is 25.7 Å². The average Bonchev–Trinajstić information content (AvgIpc) is 2.22.